The lowest BCUT2D eigenvalue weighted by Crippen LogP contribution is -2.42. The number of rotatable bonds is 3. The van der Waals surface area contributed by atoms with Gasteiger partial charge in [-0.3, -0.25) is 4.79 Å². The van der Waals surface area contributed by atoms with Gasteiger partial charge in [0.15, 0.2) is 0 Å². The Balaban J connectivity index is 0.00000176. The van der Waals surface area contributed by atoms with Gasteiger partial charge in [0.05, 0.1) is 23.1 Å². The van der Waals surface area contributed by atoms with Gasteiger partial charge < -0.3 is 10.6 Å². The van der Waals surface area contributed by atoms with Crippen molar-refractivity contribution in [3.05, 3.63) is 47.8 Å². The molecule has 118 valence electrons. The summed E-state index contributed by atoms with van der Waals surface area (Å²) in [7, 11) is 0. The molecule has 1 fully saturated rings. The molecule has 1 saturated heterocycles. The highest BCUT2D eigenvalue weighted by atomic mass is 35.5. The number of aromatic nitrogens is 2. The normalized spacial score (nSPS) is 15.1. The van der Waals surface area contributed by atoms with Gasteiger partial charge in [0, 0.05) is 6.04 Å². The summed E-state index contributed by atoms with van der Waals surface area (Å²) in [5.41, 5.74) is 2.49. The molecule has 5 nitrogen and oxygen atoms in total. The number of hydrogen-bond acceptors (Lipinski definition) is 3. The molecular weight excluding hydrogens is 300 g/mol. The zero-order chi connectivity index (χ0) is 14.7. The van der Waals surface area contributed by atoms with Gasteiger partial charge in [-0.2, -0.15) is 5.10 Å². The summed E-state index contributed by atoms with van der Waals surface area (Å²) >= 11 is 0. The van der Waals surface area contributed by atoms with E-state index in [0.29, 0.717) is 5.56 Å². The SMILES string of the molecule is Cc1c(C(=O)NC2CCNCC2)cnn1-c1ccccc1.Cl. The molecule has 2 heterocycles. The van der Waals surface area contributed by atoms with Crippen LogP contribution in [0.15, 0.2) is 36.5 Å². The van der Waals surface area contributed by atoms with Crippen LogP contribution in [0.4, 0.5) is 0 Å². The zero-order valence-corrected chi connectivity index (χ0v) is 13.4. The highest BCUT2D eigenvalue weighted by Gasteiger charge is 2.19. The van der Waals surface area contributed by atoms with Gasteiger partial charge >= 0.3 is 0 Å². The van der Waals surface area contributed by atoms with Crippen LogP contribution in [0, 0.1) is 6.92 Å². The maximum absolute atomic E-state index is 12.4. The summed E-state index contributed by atoms with van der Waals surface area (Å²) in [6, 6.07) is 10.1. The van der Waals surface area contributed by atoms with Crippen LogP contribution in [0.2, 0.25) is 0 Å². The Kier molecular flexibility index (Phi) is 5.57. The first-order chi connectivity index (χ1) is 10.3. The van der Waals surface area contributed by atoms with Gasteiger partial charge in [-0.15, -0.1) is 12.4 Å². The molecule has 0 spiro atoms. The Morgan fingerprint density at radius 3 is 2.64 bits per heavy atom. The highest BCUT2D eigenvalue weighted by molar-refractivity contribution is 5.95. The zero-order valence-electron chi connectivity index (χ0n) is 12.6. The summed E-state index contributed by atoms with van der Waals surface area (Å²) in [5.74, 6) is -0.0263. The smallest absolute Gasteiger partial charge is 0.254 e. The molecule has 0 radical (unpaired) electrons. The number of nitrogens with zero attached hydrogens (tertiary/aromatic N) is 2. The molecule has 0 bridgehead atoms. The van der Waals surface area contributed by atoms with E-state index in [1.54, 1.807) is 10.9 Å². The van der Waals surface area contributed by atoms with Crippen LogP contribution < -0.4 is 10.6 Å². The minimum atomic E-state index is -0.0263. The minimum absolute atomic E-state index is 0. The molecule has 3 rings (SSSR count). The van der Waals surface area contributed by atoms with Crippen molar-refractivity contribution in [1.29, 1.82) is 0 Å². The molecule has 0 saturated carbocycles. The first-order valence-corrected chi connectivity index (χ1v) is 7.37. The van der Waals surface area contributed by atoms with Crippen molar-refractivity contribution in [2.24, 2.45) is 0 Å². The lowest BCUT2D eigenvalue weighted by Gasteiger charge is -2.23. The Morgan fingerprint density at radius 2 is 1.95 bits per heavy atom. The molecule has 0 atom stereocenters. The third-order valence-electron chi connectivity index (χ3n) is 3.93. The van der Waals surface area contributed by atoms with Crippen molar-refractivity contribution in [2.75, 3.05) is 13.1 Å². The molecular formula is C16H21ClN4O. The fraction of sp³-hybridized carbons (Fsp3) is 0.375. The van der Waals surface area contributed by atoms with Crippen LogP contribution in [0.1, 0.15) is 28.9 Å². The van der Waals surface area contributed by atoms with E-state index in [4.69, 9.17) is 0 Å². The number of carbonyl (C=O) groups excluding carboxylic acids is 1. The molecule has 22 heavy (non-hydrogen) atoms. The molecule has 1 aromatic carbocycles. The standard InChI is InChI=1S/C16H20N4O.ClH/c1-12-15(16(21)19-13-7-9-17-10-8-13)11-18-20(12)14-5-3-2-4-6-14;/h2-6,11,13,17H,7-10H2,1H3,(H,19,21);1H. The fourth-order valence-electron chi connectivity index (χ4n) is 2.69. The van der Waals surface area contributed by atoms with Crippen molar-refractivity contribution < 1.29 is 4.79 Å². The molecule has 0 unspecified atom stereocenters. The third-order valence-corrected chi connectivity index (χ3v) is 3.93. The fourth-order valence-corrected chi connectivity index (χ4v) is 2.69. The largest absolute Gasteiger partial charge is 0.349 e. The predicted octanol–water partition coefficient (Wildman–Crippen LogP) is 2.08. The predicted molar refractivity (Wildman–Crippen MR) is 88.9 cm³/mol. The van der Waals surface area contributed by atoms with Gasteiger partial charge in [-0.05, 0) is 45.0 Å². The Morgan fingerprint density at radius 1 is 1.27 bits per heavy atom. The van der Waals surface area contributed by atoms with Gasteiger partial charge in [0.1, 0.15) is 0 Å². The number of benzene rings is 1. The number of hydrogen-bond donors (Lipinski definition) is 2. The van der Waals surface area contributed by atoms with Crippen LogP contribution in [-0.4, -0.2) is 34.8 Å². The van der Waals surface area contributed by atoms with E-state index in [1.807, 2.05) is 37.3 Å². The van der Waals surface area contributed by atoms with E-state index < -0.39 is 0 Å². The first kappa shape index (κ1) is 16.5. The Bertz CT molecular complexity index is 620. The summed E-state index contributed by atoms with van der Waals surface area (Å²) in [4.78, 5) is 12.4. The number of piperidine rings is 1. The molecule has 1 aliphatic heterocycles. The van der Waals surface area contributed by atoms with Gasteiger partial charge in [0.2, 0.25) is 0 Å². The quantitative estimate of drug-likeness (QED) is 0.910. The van der Waals surface area contributed by atoms with Crippen molar-refractivity contribution >= 4 is 18.3 Å². The number of nitrogens with one attached hydrogen (secondary N) is 2. The average molecular weight is 321 g/mol. The number of halogens is 1. The van der Waals surface area contributed by atoms with Crippen molar-refractivity contribution in [3.63, 3.8) is 0 Å². The second kappa shape index (κ2) is 7.42. The van der Waals surface area contributed by atoms with Crippen LogP contribution in [0.5, 0.6) is 0 Å². The van der Waals surface area contributed by atoms with Gasteiger partial charge in [-0.25, -0.2) is 4.68 Å². The van der Waals surface area contributed by atoms with Crippen LogP contribution in [-0.2, 0) is 0 Å². The maximum Gasteiger partial charge on any atom is 0.254 e. The lowest BCUT2D eigenvalue weighted by atomic mass is 10.1. The Hall–Kier alpha value is -1.85. The first-order valence-electron chi connectivity index (χ1n) is 7.37. The number of para-hydroxylation sites is 1. The summed E-state index contributed by atoms with van der Waals surface area (Å²) < 4.78 is 1.80. The van der Waals surface area contributed by atoms with Crippen LogP contribution in [0.25, 0.3) is 5.69 Å². The number of carbonyl (C=O) groups is 1. The maximum atomic E-state index is 12.4. The van der Waals surface area contributed by atoms with Crippen molar-refractivity contribution in [3.8, 4) is 5.69 Å². The molecule has 2 N–H and O–H groups in total. The van der Waals surface area contributed by atoms with Gasteiger partial charge in [0.25, 0.3) is 5.91 Å². The van der Waals surface area contributed by atoms with Crippen LogP contribution in [0.3, 0.4) is 0 Å². The van der Waals surface area contributed by atoms with Gasteiger partial charge in [-0.1, -0.05) is 18.2 Å². The second-order valence-corrected chi connectivity index (χ2v) is 5.39. The molecule has 1 aliphatic rings. The monoisotopic (exact) mass is 320 g/mol. The van der Waals surface area contributed by atoms with E-state index in [1.165, 1.54) is 0 Å². The van der Waals surface area contributed by atoms with Crippen molar-refractivity contribution in [1.82, 2.24) is 20.4 Å². The van der Waals surface area contributed by atoms with E-state index >= 15 is 0 Å². The molecule has 2 aromatic rings. The summed E-state index contributed by atoms with van der Waals surface area (Å²) in [5, 5.41) is 10.7. The van der Waals surface area contributed by atoms with E-state index in [-0.39, 0.29) is 24.4 Å². The topological polar surface area (TPSA) is 59.0 Å². The lowest BCUT2D eigenvalue weighted by molar-refractivity contribution is 0.0929. The van der Waals surface area contributed by atoms with E-state index in [0.717, 1.165) is 37.3 Å². The van der Waals surface area contributed by atoms with E-state index in [9.17, 15) is 4.79 Å². The third kappa shape index (κ3) is 3.48. The number of amides is 1. The average Bonchev–Trinajstić information content (AvgIpc) is 2.91. The highest BCUT2D eigenvalue weighted by Crippen LogP contribution is 2.14. The summed E-state index contributed by atoms with van der Waals surface area (Å²) in [6.45, 7) is 3.86. The second-order valence-electron chi connectivity index (χ2n) is 5.39. The minimum Gasteiger partial charge on any atom is -0.349 e. The molecule has 1 aromatic heterocycles. The summed E-state index contributed by atoms with van der Waals surface area (Å²) in [6.07, 6.45) is 3.62. The molecule has 6 heteroatoms. The van der Waals surface area contributed by atoms with E-state index in [2.05, 4.69) is 15.7 Å². The van der Waals surface area contributed by atoms with Crippen molar-refractivity contribution in [2.45, 2.75) is 25.8 Å². The molecule has 0 aliphatic carbocycles. The molecule has 1 amide bonds. The van der Waals surface area contributed by atoms with Crippen LogP contribution >= 0.6 is 12.4 Å². The Labute approximate surface area is 136 Å².